The number of para-hydroxylation sites is 1. The molecular formula is C28H39N3O4. The predicted molar refractivity (Wildman–Crippen MR) is 139 cm³/mol. The zero-order valence-electron chi connectivity index (χ0n) is 21.7. The van der Waals surface area contributed by atoms with Crippen LogP contribution >= 0.6 is 0 Å². The number of amides is 1. The van der Waals surface area contributed by atoms with Crippen LogP contribution in [0.5, 0.6) is 11.5 Å². The van der Waals surface area contributed by atoms with Crippen molar-refractivity contribution >= 4 is 5.91 Å². The van der Waals surface area contributed by atoms with Crippen LogP contribution in [0.15, 0.2) is 46.8 Å². The van der Waals surface area contributed by atoms with Crippen LogP contribution in [0.25, 0.3) is 0 Å². The summed E-state index contributed by atoms with van der Waals surface area (Å²) in [5.41, 5.74) is 3.30. The molecule has 35 heavy (non-hydrogen) atoms. The number of fused-ring (bicyclic) bond motifs is 1. The zero-order valence-corrected chi connectivity index (χ0v) is 21.7. The van der Waals surface area contributed by atoms with Gasteiger partial charge in [-0.1, -0.05) is 36.8 Å². The van der Waals surface area contributed by atoms with Crippen LogP contribution in [0, 0.1) is 5.92 Å². The van der Waals surface area contributed by atoms with Gasteiger partial charge >= 0.3 is 0 Å². The van der Waals surface area contributed by atoms with E-state index in [4.69, 9.17) is 9.47 Å². The van der Waals surface area contributed by atoms with Crippen LogP contribution in [0.2, 0.25) is 0 Å². The highest BCUT2D eigenvalue weighted by atomic mass is 16.5. The van der Waals surface area contributed by atoms with Gasteiger partial charge in [-0.15, -0.1) is 0 Å². The summed E-state index contributed by atoms with van der Waals surface area (Å²) in [4.78, 5) is 28.6. The Kier molecular flexibility index (Phi) is 9.55. The summed E-state index contributed by atoms with van der Waals surface area (Å²) >= 11 is 0. The Morgan fingerprint density at radius 3 is 2.57 bits per heavy atom. The molecule has 3 rings (SSSR count). The van der Waals surface area contributed by atoms with E-state index in [1.807, 2.05) is 24.3 Å². The van der Waals surface area contributed by atoms with Gasteiger partial charge in [0.2, 0.25) is 0 Å². The number of hydrogen-bond acceptors (Lipinski definition) is 5. The number of allylic oxidation sites excluding steroid dienone is 2. The molecule has 0 saturated carbocycles. The molecule has 0 bridgehead atoms. The molecule has 1 N–H and O–H groups in total. The molecule has 1 amide bonds. The molecule has 0 aliphatic carbocycles. The Morgan fingerprint density at radius 1 is 1.11 bits per heavy atom. The molecule has 7 heteroatoms. The van der Waals surface area contributed by atoms with E-state index in [0.717, 1.165) is 49.5 Å². The molecule has 2 aromatic rings. The second-order valence-corrected chi connectivity index (χ2v) is 9.53. The summed E-state index contributed by atoms with van der Waals surface area (Å²) < 4.78 is 12.6. The summed E-state index contributed by atoms with van der Waals surface area (Å²) in [6.45, 7) is 9.99. The van der Waals surface area contributed by atoms with Gasteiger partial charge in [0.25, 0.3) is 11.5 Å². The number of rotatable bonds is 10. The van der Waals surface area contributed by atoms with Crippen molar-refractivity contribution in [2.45, 2.75) is 53.1 Å². The maximum atomic E-state index is 13.4. The monoisotopic (exact) mass is 481 g/mol. The quantitative estimate of drug-likeness (QED) is 0.519. The van der Waals surface area contributed by atoms with Crippen LogP contribution in [-0.2, 0) is 19.5 Å². The first-order valence-corrected chi connectivity index (χ1v) is 12.4. The van der Waals surface area contributed by atoms with Crippen molar-refractivity contribution < 1.29 is 14.3 Å². The third kappa shape index (κ3) is 6.98. The minimum Gasteiger partial charge on any atom is -0.496 e. The predicted octanol–water partition coefficient (Wildman–Crippen LogP) is 4.04. The molecule has 0 spiro atoms. The average molecular weight is 482 g/mol. The van der Waals surface area contributed by atoms with Gasteiger partial charge < -0.3 is 24.3 Å². The maximum absolute atomic E-state index is 13.4. The highest BCUT2D eigenvalue weighted by Crippen LogP contribution is 2.24. The molecule has 0 radical (unpaired) electrons. The number of benzene rings is 1. The fourth-order valence-electron chi connectivity index (χ4n) is 4.68. The van der Waals surface area contributed by atoms with Crippen LogP contribution in [0.1, 0.15) is 55.2 Å². The highest BCUT2D eigenvalue weighted by molar-refractivity contribution is 5.98. The van der Waals surface area contributed by atoms with Gasteiger partial charge in [0.05, 0.1) is 14.2 Å². The van der Waals surface area contributed by atoms with Gasteiger partial charge in [-0.25, -0.2) is 0 Å². The summed E-state index contributed by atoms with van der Waals surface area (Å²) in [5.74, 6) is 1.35. The topological polar surface area (TPSA) is 72.8 Å². The van der Waals surface area contributed by atoms with Gasteiger partial charge in [0.1, 0.15) is 17.1 Å². The number of nitrogens with zero attached hydrogens (tertiary/aromatic N) is 2. The first-order valence-electron chi connectivity index (χ1n) is 12.4. The zero-order chi connectivity index (χ0) is 25.4. The molecule has 1 aromatic carbocycles. The number of carbonyl (C=O) groups is 1. The van der Waals surface area contributed by atoms with E-state index in [-0.39, 0.29) is 11.5 Å². The second kappa shape index (κ2) is 12.6. The van der Waals surface area contributed by atoms with E-state index in [1.165, 1.54) is 18.7 Å². The van der Waals surface area contributed by atoms with Gasteiger partial charge in [-0.05, 0) is 38.7 Å². The summed E-state index contributed by atoms with van der Waals surface area (Å²) in [5, 5.41) is 3.00. The van der Waals surface area contributed by atoms with Crippen LogP contribution < -0.4 is 20.3 Å². The molecule has 0 unspecified atom stereocenters. The van der Waals surface area contributed by atoms with Gasteiger partial charge in [-0.2, -0.15) is 0 Å². The van der Waals surface area contributed by atoms with E-state index in [2.05, 4.69) is 37.1 Å². The normalized spacial score (nSPS) is 14.4. The number of nitrogens with one attached hydrogen (secondary N) is 1. The minimum absolute atomic E-state index is 0.128. The fourth-order valence-corrected chi connectivity index (χ4v) is 4.68. The smallest absolute Gasteiger partial charge is 0.257 e. The van der Waals surface area contributed by atoms with Gasteiger partial charge in [0.15, 0.2) is 0 Å². The number of pyridine rings is 1. The standard InChI is InChI=1S/C28H39N3O4/c1-20(2)9-8-10-21(3)19-30-14-13-23-27(25(35-5)17-26(32)31(23)16-15-30)28(33)29-18-22-11-6-7-12-24(22)34-4/h6-7,9,11-12,17,21H,8,10,13-16,18-19H2,1-5H3,(H,29,33)/t21-/m1/s1. The Morgan fingerprint density at radius 2 is 1.86 bits per heavy atom. The molecule has 2 heterocycles. The molecule has 7 nitrogen and oxygen atoms in total. The third-order valence-electron chi connectivity index (χ3n) is 6.55. The van der Waals surface area contributed by atoms with E-state index in [1.54, 1.807) is 11.7 Å². The van der Waals surface area contributed by atoms with E-state index in [0.29, 0.717) is 36.7 Å². The SMILES string of the molecule is COc1ccccc1CNC(=O)c1c(OC)cc(=O)n2c1CCN(C[C@H](C)CCC=C(C)C)CC2. The van der Waals surface area contributed by atoms with Crippen molar-refractivity contribution in [2.24, 2.45) is 5.92 Å². The lowest BCUT2D eigenvalue weighted by molar-refractivity contribution is 0.0945. The van der Waals surface area contributed by atoms with Crippen molar-refractivity contribution in [1.29, 1.82) is 0 Å². The van der Waals surface area contributed by atoms with E-state index in [9.17, 15) is 9.59 Å². The number of hydrogen-bond donors (Lipinski definition) is 1. The maximum Gasteiger partial charge on any atom is 0.257 e. The lowest BCUT2D eigenvalue weighted by Gasteiger charge is -2.23. The summed E-state index contributed by atoms with van der Waals surface area (Å²) in [7, 11) is 3.11. The van der Waals surface area contributed by atoms with Crippen molar-refractivity contribution in [3.8, 4) is 11.5 Å². The van der Waals surface area contributed by atoms with Crippen molar-refractivity contribution in [2.75, 3.05) is 33.9 Å². The molecule has 190 valence electrons. The van der Waals surface area contributed by atoms with E-state index >= 15 is 0 Å². The minimum atomic E-state index is -0.250. The molecule has 1 aliphatic rings. The van der Waals surface area contributed by atoms with Crippen LogP contribution in [0.3, 0.4) is 0 Å². The molecule has 0 fully saturated rings. The van der Waals surface area contributed by atoms with E-state index < -0.39 is 0 Å². The molecule has 1 atom stereocenters. The van der Waals surface area contributed by atoms with Crippen molar-refractivity contribution in [3.63, 3.8) is 0 Å². The number of methoxy groups -OCH3 is 2. The number of aromatic nitrogens is 1. The fraction of sp³-hybridized carbons (Fsp3) is 0.500. The summed E-state index contributed by atoms with van der Waals surface area (Å²) in [6.07, 6.45) is 5.13. The highest BCUT2D eigenvalue weighted by Gasteiger charge is 2.25. The van der Waals surface area contributed by atoms with Crippen LogP contribution in [0.4, 0.5) is 0 Å². The second-order valence-electron chi connectivity index (χ2n) is 9.53. The van der Waals surface area contributed by atoms with Crippen LogP contribution in [-0.4, -0.2) is 49.2 Å². The van der Waals surface area contributed by atoms with Crippen molar-refractivity contribution in [1.82, 2.24) is 14.8 Å². The Balaban J connectivity index is 1.77. The average Bonchev–Trinajstić information content (AvgIpc) is 3.05. The first-order chi connectivity index (χ1) is 16.8. The number of ether oxygens (including phenoxy) is 2. The molecule has 0 saturated heterocycles. The number of carbonyl (C=O) groups excluding carboxylic acids is 1. The van der Waals surface area contributed by atoms with Crippen molar-refractivity contribution in [3.05, 3.63) is 69.2 Å². The Hall–Kier alpha value is -3.06. The van der Waals surface area contributed by atoms with Gasteiger partial charge in [0, 0.05) is 56.5 Å². The molecule has 1 aliphatic heterocycles. The molecular weight excluding hydrogens is 442 g/mol. The van der Waals surface area contributed by atoms with Gasteiger partial charge in [-0.3, -0.25) is 9.59 Å². The molecule has 1 aromatic heterocycles. The third-order valence-corrected chi connectivity index (χ3v) is 6.55. The lowest BCUT2D eigenvalue weighted by Crippen LogP contribution is -2.32. The Labute approximate surface area is 208 Å². The summed E-state index contributed by atoms with van der Waals surface area (Å²) in [6, 6.07) is 9.02. The lowest BCUT2D eigenvalue weighted by atomic mass is 10.0. The largest absolute Gasteiger partial charge is 0.496 e. The Bertz CT molecular complexity index is 1100. The first kappa shape index (κ1) is 26.5.